The maximum Gasteiger partial charge on any atom is 0.234 e. The summed E-state index contributed by atoms with van der Waals surface area (Å²) in [6, 6.07) is 13.9. The molecule has 0 saturated carbocycles. The molecule has 0 fully saturated rings. The van der Waals surface area contributed by atoms with E-state index in [1.165, 1.54) is 17.3 Å². The van der Waals surface area contributed by atoms with Crippen molar-refractivity contribution >= 4 is 23.4 Å². The monoisotopic (exact) mass is 450 g/mol. The highest BCUT2D eigenvalue weighted by Crippen LogP contribution is 2.20. The second-order valence-corrected chi connectivity index (χ2v) is 8.59. The number of aromatic nitrogens is 3. The minimum atomic E-state index is -0.0698. The van der Waals surface area contributed by atoms with E-state index in [2.05, 4.69) is 29.0 Å². The predicted octanol–water partition coefficient (Wildman–Crippen LogP) is 5.13. The number of nitrogens with zero attached hydrogens (tertiary/aromatic N) is 3. The standard InChI is InChI=1S/C25H30N4O2S/c1-5-14-29-23(11-8-15-31-22-10-7-6-9-19(22)3)27-28-25(29)32-17-24(30)26-21-13-12-18(2)20(4)16-21/h5-7,9-10,12-13,16H,1,8,11,14-15,17H2,2-4H3,(H,26,30). The van der Waals surface area contributed by atoms with Crippen LogP contribution < -0.4 is 10.1 Å². The Morgan fingerprint density at radius 3 is 2.69 bits per heavy atom. The topological polar surface area (TPSA) is 69.0 Å². The highest BCUT2D eigenvalue weighted by atomic mass is 32.2. The summed E-state index contributed by atoms with van der Waals surface area (Å²) in [5, 5.41) is 12.3. The second kappa shape index (κ2) is 11.5. The van der Waals surface area contributed by atoms with E-state index in [4.69, 9.17) is 4.74 Å². The molecule has 3 aromatic rings. The first-order valence-corrected chi connectivity index (χ1v) is 11.7. The molecule has 1 aromatic heterocycles. The van der Waals surface area contributed by atoms with Gasteiger partial charge in [-0.1, -0.05) is 42.1 Å². The van der Waals surface area contributed by atoms with Gasteiger partial charge in [0.25, 0.3) is 0 Å². The van der Waals surface area contributed by atoms with Gasteiger partial charge in [0.1, 0.15) is 11.6 Å². The Morgan fingerprint density at radius 1 is 1.12 bits per heavy atom. The third-order valence-corrected chi connectivity index (χ3v) is 6.09. The number of aryl methyl sites for hydroxylation is 4. The number of allylic oxidation sites excluding steroid dienone is 1. The van der Waals surface area contributed by atoms with Gasteiger partial charge in [-0.3, -0.25) is 4.79 Å². The van der Waals surface area contributed by atoms with E-state index in [1.807, 2.05) is 67.0 Å². The van der Waals surface area contributed by atoms with Crippen LogP contribution in [0.1, 0.15) is 28.9 Å². The van der Waals surface area contributed by atoms with Crippen molar-refractivity contribution < 1.29 is 9.53 Å². The fraction of sp³-hybridized carbons (Fsp3) is 0.320. The summed E-state index contributed by atoms with van der Waals surface area (Å²) in [5.41, 5.74) is 4.28. The van der Waals surface area contributed by atoms with Gasteiger partial charge in [0.15, 0.2) is 5.16 Å². The number of benzene rings is 2. The molecule has 168 valence electrons. The smallest absolute Gasteiger partial charge is 0.234 e. The van der Waals surface area contributed by atoms with Crippen molar-refractivity contribution in [3.05, 3.63) is 77.6 Å². The fourth-order valence-electron chi connectivity index (χ4n) is 3.20. The molecule has 0 atom stereocenters. The Hall–Kier alpha value is -3.06. The Morgan fingerprint density at radius 2 is 1.94 bits per heavy atom. The molecule has 6 nitrogen and oxygen atoms in total. The Bertz CT molecular complexity index is 1080. The quantitative estimate of drug-likeness (QED) is 0.249. The highest BCUT2D eigenvalue weighted by molar-refractivity contribution is 7.99. The number of hydrogen-bond donors (Lipinski definition) is 1. The molecule has 1 N–H and O–H groups in total. The molecule has 2 aromatic carbocycles. The summed E-state index contributed by atoms with van der Waals surface area (Å²) in [7, 11) is 0. The first-order chi connectivity index (χ1) is 15.5. The molecule has 32 heavy (non-hydrogen) atoms. The number of carbonyl (C=O) groups is 1. The summed E-state index contributed by atoms with van der Waals surface area (Å²) < 4.78 is 7.89. The van der Waals surface area contributed by atoms with Crippen LogP contribution in [0.25, 0.3) is 0 Å². The first-order valence-electron chi connectivity index (χ1n) is 10.7. The van der Waals surface area contributed by atoms with Crippen molar-refractivity contribution in [2.45, 2.75) is 45.3 Å². The minimum absolute atomic E-state index is 0.0698. The molecule has 3 rings (SSSR count). The van der Waals surface area contributed by atoms with Gasteiger partial charge in [-0.25, -0.2) is 0 Å². The van der Waals surface area contributed by atoms with E-state index < -0.39 is 0 Å². The van der Waals surface area contributed by atoms with Crippen LogP contribution in [0.2, 0.25) is 0 Å². The van der Waals surface area contributed by atoms with Crippen molar-refractivity contribution in [2.75, 3.05) is 17.7 Å². The summed E-state index contributed by atoms with van der Waals surface area (Å²) in [5.74, 6) is 1.97. The molecular weight excluding hydrogens is 420 g/mol. The van der Waals surface area contributed by atoms with Crippen molar-refractivity contribution in [3.63, 3.8) is 0 Å². The van der Waals surface area contributed by atoms with Crippen LogP contribution in [-0.4, -0.2) is 33.0 Å². The summed E-state index contributed by atoms with van der Waals surface area (Å²) in [4.78, 5) is 12.4. The van der Waals surface area contributed by atoms with Crippen LogP contribution in [0.5, 0.6) is 5.75 Å². The molecule has 0 radical (unpaired) electrons. The van der Waals surface area contributed by atoms with Crippen LogP contribution in [0, 0.1) is 20.8 Å². The Balaban J connectivity index is 1.53. The number of nitrogens with one attached hydrogen (secondary N) is 1. The van der Waals surface area contributed by atoms with Gasteiger partial charge in [0, 0.05) is 18.7 Å². The van der Waals surface area contributed by atoms with Crippen LogP contribution in [0.15, 0.2) is 60.3 Å². The second-order valence-electron chi connectivity index (χ2n) is 7.65. The van der Waals surface area contributed by atoms with Crippen LogP contribution in [0.3, 0.4) is 0 Å². The van der Waals surface area contributed by atoms with Gasteiger partial charge >= 0.3 is 0 Å². The molecule has 1 amide bonds. The molecule has 0 aliphatic heterocycles. The Labute approximate surface area is 194 Å². The zero-order valence-electron chi connectivity index (χ0n) is 18.9. The van der Waals surface area contributed by atoms with Crippen LogP contribution in [0.4, 0.5) is 5.69 Å². The number of para-hydroxylation sites is 1. The van der Waals surface area contributed by atoms with Crippen molar-refractivity contribution in [3.8, 4) is 5.75 Å². The lowest BCUT2D eigenvalue weighted by Gasteiger charge is -2.10. The molecule has 0 aliphatic carbocycles. The maximum absolute atomic E-state index is 12.4. The van der Waals surface area contributed by atoms with Gasteiger partial charge in [-0.2, -0.15) is 0 Å². The van der Waals surface area contributed by atoms with Gasteiger partial charge in [0.05, 0.1) is 12.4 Å². The molecule has 0 spiro atoms. The van der Waals surface area contributed by atoms with Crippen LogP contribution in [-0.2, 0) is 17.8 Å². The van der Waals surface area contributed by atoms with Gasteiger partial charge in [-0.15, -0.1) is 16.8 Å². The normalized spacial score (nSPS) is 10.7. The number of anilines is 1. The number of hydrogen-bond acceptors (Lipinski definition) is 5. The molecule has 7 heteroatoms. The van der Waals surface area contributed by atoms with Gasteiger partial charge < -0.3 is 14.6 Å². The highest BCUT2D eigenvalue weighted by Gasteiger charge is 2.14. The zero-order chi connectivity index (χ0) is 22.9. The van der Waals surface area contributed by atoms with E-state index in [9.17, 15) is 4.79 Å². The fourth-order valence-corrected chi connectivity index (χ4v) is 3.97. The molecule has 0 bridgehead atoms. The van der Waals surface area contributed by atoms with Crippen molar-refractivity contribution in [1.29, 1.82) is 0 Å². The predicted molar refractivity (Wildman–Crippen MR) is 130 cm³/mol. The van der Waals surface area contributed by atoms with E-state index in [1.54, 1.807) is 0 Å². The molecule has 1 heterocycles. The lowest BCUT2D eigenvalue weighted by atomic mass is 10.1. The van der Waals surface area contributed by atoms with E-state index in [0.29, 0.717) is 13.2 Å². The molecule has 0 unspecified atom stereocenters. The summed E-state index contributed by atoms with van der Waals surface area (Å²) >= 11 is 1.38. The average molecular weight is 451 g/mol. The molecular formula is C25H30N4O2S. The zero-order valence-corrected chi connectivity index (χ0v) is 19.7. The van der Waals surface area contributed by atoms with Crippen molar-refractivity contribution in [2.24, 2.45) is 0 Å². The number of rotatable bonds is 11. The van der Waals surface area contributed by atoms with E-state index in [-0.39, 0.29) is 11.7 Å². The number of carbonyl (C=O) groups excluding carboxylic acids is 1. The van der Waals surface area contributed by atoms with Crippen LogP contribution >= 0.6 is 11.8 Å². The SMILES string of the molecule is C=CCn1c(CCCOc2ccccc2C)nnc1SCC(=O)Nc1ccc(C)c(C)c1. The van der Waals surface area contributed by atoms with E-state index in [0.717, 1.165) is 46.4 Å². The lowest BCUT2D eigenvalue weighted by molar-refractivity contribution is -0.113. The van der Waals surface area contributed by atoms with E-state index >= 15 is 0 Å². The first kappa shape index (κ1) is 23.6. The summed E-state index contributed by atoms with van der Waals surface area (Å²) in [6.45, 7) is 11.2. The maximum atomic E-state index is 12.4. The number of ether oxygens (including phenoxy) is 1. The number of amides is 1. The molecule has 0 saturated heterocycles. The largest absolute Gasteiger partial charge is 0.493 e. The molecule has 0 aliphatic rings. The van der Waals surface area contributed by atoms with Crippen molar-refractivity contribution in [1.82, 2.24) is 14.8 Å². The van der Waals surface area contributed by atoms with Gasteiger partial charge in [-0.05, 0) is 62.1 Å². The number of thioether (sulfide) groups is 1. The lowest BCUT2D eigenvalue weighted by Crippen LogP contribution is -2.15. The van der Waals surface area contributed by atoms with Gasteiger partial charge in [0.2, 0.25) is 5.91 Å². The Kier molecular flexibility index (Phi) is 8.50. The average Bonchev–Trinajstić information content (AvgIpc) is 3.15. The third-order valence-electron chi connectivity index (χ3n) is 5.12. The minimum Gasteiger partial charge on any atom is -0.493 e. The third kappa shape index (κ3) is 6.47. The summed E-state index contributed by atoms with van der Waals surface area (Å²) in [6.07, 6.45) is 3.37.